The fourth-order valence-corrected chi connectivity index (χ4v) is 2.76. The first-order valence-corrected chi connectivity index (χ1v) is 7.22. The molecule has 0 saturated heterocycles. The Bertz CT molecular complexity index is 574. The molecule has 1 atom stereocenters. The molecule has 0 fully saturated rings. The molecular formula is C12H11Cl2N3OS. The summed E-state index contributed by atoms with van der Waals surface area (Å²) in [5, 5.41) is 12.2. The van der Waals surface area contributed by atoms with E-state index in [0.29, 0.717) is 0 Å². The van der Waals surface area contributed by atoms with Gasteiger partial charge in [-0.2, -0.15) is 0 Å². The minimum atomic E-state index is -0.300. The summed E-state index contributed by atoms with van der Waals surface area (Å²) in [4.78, 5) is 13.3. The lowest BCUT2D eigenvalue weighted by molar-refractivity contribution is 0.0940. The topological polar surface area (TPSA) is 54.9 Å². The second kappa shape index (κ2) is 6.32. The van der Waals surface area contributed by atoms with Gasteiger partial charge in [0.15, 0.2) is 10.3 Å². The van der Waals surface area contributed by atoms with Crippen molar-refractivity contribution in [3.63, 3.8) is 0 Å². The highest BCUT2D eigenvalue weighted by atomic mass is 35.5. The molecule has 2 heterocycles. The largest absolute Gasteiger partial charge is 0.349 e. The number of carbonyl (C=O) groups is 1. The molecular weight excluding hydrogens is 305 g/mol. The Hall–Kier alpha value is -1.17. The first kappa shape index (κ1) is 14.2. The number of nitrogens with zero attached hydrogens (tertiary/aromatic N) is 2. The molecule has 1 amide bonds. The van der Waals surface area contributed by atoms with Crippen molar-refractivity contribution in [2.24, 2.45) is 0 Å². The zero-order valence-corrected chi connectivity index (χ0v) is 12.4. The molecule has 0 aliphatic heterocycles. The number of thiophene rings is 1. The molecule has 1 N–H and O–H groups in total. The maximum Gasteiger partial charge on any atom is 0.254 e. The average molecular weight is 316 g/mol. The summed E-state index contributed by atoms with van der Waals surface area (Å²) in [6.07, 6.45) is 0.771. The van der Waals surface area contributed by atoms with Crippen molar-refractivity contribution < 1.29 is 4.79 Å². The highest BCUT2D eigenvalue weighted by molar-refractivity contribution is 7.09. The van der Waals surface area contributed by atoms with Gasteiger partial charge in [0.2, 0.25) is 0 Å². The maximum atomic E-state index is 12.0. The zero-order valence-electron chi connectivity index (χ0n) is 10.1. The third-order valence-electron chi connectivity index (χ3n) is 2.43. The van der Waals surface area contributed by atoms with E-state index in [0.717, 1.165) is 6.42 Å². The van der Waals surface area contributed by atoms with Crippen molar-refractivity contribution in [2.45, 2.75) is 19.4 Å². The fourth-order valence-electron chi connectivity index (χ4n) is 1.60. The second-order valence-electron chi connectivity index (χ2n) is 4.03. The van der Waals surface area contributed by atoms with Gasteiger partial charge in [-0.25, -0.2) is 0 Å². The number of nitrogens with one attached hydrogen (secondary N) is 1. The van der Waals surface area contributed by atoms with E-state index in [1.54, 1.807) is 11.3 Å². The average Bonchev–Trinajstić information content (AvgIpc) is 2.84. The maximum absolute atomic E-state index is 12.0. The Morgan fingerprint density at radius 1 is 1.47 bits per heavy atom. The Kier molecular flexibility index (Phi) is 4.74. The van der Waals surface area contributed by atoms with Gasteiger partial charge < -0.3 is 5.32 Å². The number of hydrogen-bond acceptors (Lipinski definition) is 4. The number of hydrogen-bond donors (Lipinski definition) is 1. The Morgan fingerprint density at radius 2 is 2.26 bits per heavy atom. The molecule has 0 spiro atoms. The third kappa shape index (κ3) is 3.89. The first-order chi connectivity index (χ1) is 9.06. The van der Waals surface area contributed by atoms with Crippen LogP contribution in [-0.2, 0) is 6.42 Å². The van der Waals surface area contributed by atoms with E-state index in [-0.39, 0.29) is 27.8 Å². The van der Waals surface area contributed by atoms with Crippen molar-refractivity contribution in [2.75, 3.05) is 0 Å². The van der Waals surface area contributed by atoms with Gasteiger partial charge in [-0.1, -0.05) is 29.3 Å². The molecule has 0 radical (unpaired) electrons. The van der Waals surface area contributed by atoms with Crippen LogP contribution in [0.2, 0.25) is 10.3 Å². The van der Waals surface area contributed by atoms with E-state index < -0.39 is 0 Å². The van der Waals surface area contributed by atoms with E-state index in [9.17, 15) is 4.79 Å². The van der Waals surface area contributed by atoms with Crippen LogP contribution in [0.4, 0.5) is 0 Å². The highest BCUT2D eigenvalue weighted by Gasteiger charge is 2.15. The van der Waals surface area contributed by atoms with Gasteiger partial charge in [0, 0.05) is 17.3 Å². The van der Waals surface area contributed by atoms with E-state index in [2.05, 4.69) is 15.5 Å². The van der Waals surface area contributed by atoms with Crippen LogP contribution in [0.15, 0.2) is 23.6 Å². The Morgan fingerprint density at radius 3 is 2.95 bits per heavy atom. The van der Waals surface area contributed by atoms with Gasteiger partial charge in [-0.3, -0.25) is 4.79 Å². The zero-order chi connectivity index (χ0) is 13.8. The molecule has 4 nitrogen and oxygen atoms in total. The molecule has 0 bridgehead atoms. The number of amides is 1. The lowest BCUT2D eigenvalue weighted by Crippen LogP contribution is -2.34. The van der Waals surface area contributed by atoms with Crippen LogP contribution in [-0.4, -0.2) is 22.1 Å². The minimum Gasteiger partial charge on any atom is -0.349 e. The van der Waals surface area contributed by atoms with Gasteiger partial charge in [0.1, 0.15) is 0 Å². The minimum absolute atomic E-state index is 0.00541. The van der Waals surface area contributed by atoms with E-state index >= 15 is 0 Å². The summed E-state index contributed by atoms with van der Waals surface area (Å²) < 4.78 is 0. The second-order valence-corrected chi connectivity index (χ2v) is 5.81. The molecule has 2 aromatic heterocycles. The summed E-state index contributed by atoms with van der Waals surface area (Å²) in [7, 11) is 0. The summed E-state index contributed by atoms with van der Waals surface area (Å²) >= 11 is 13.2. The molecule has 2 rings (SSSR count). The quantitative estimate of drug-likeness (QED) is 0.942. The number of carbonyl (C=O) groups excluding carboxylic acids is 1. The van der Waals surface area contributed by atoms with Crippen LogP contribution in [0.3, 0.4) is 0 Å². The van der Waals surface area contributed by atoms with Crippen molar-refractivity contribution in [3.05, 3.63) is 44.3 Å². The monoisotopic (exact) mass is 315 g/mol. The lowest BCUT2D eigenvalue weighted by Gasteiger charge is -2.13. The Labute approximate surface area is 124 Å². The number of aromatic nitrogens is 2. The molecule has 7 heteroatoms. The van der Waals surface area contributed by atoms with Crippen molar-refractivity contribution in [1.82, 2.24) is 15.5 Å². The number of halogens is 2. The standard InChI is InChI=1S/C12H11Cl2N3OS/c1-7(5-8-3-2-4-19-8)15-12(18)9-6-10(13)16-17-11(9)14/h2-4,6-7H,5H2,1H3,(H,15,18). The summed E-state index contributed by atoms with van der Waals surface area (Å²) in [6, 6.07) is 5.42. The molecule has 0 aliphatic carbocycles. The molecule has 0 saturated carbocycles. The number of rotatable bonds is 4. The first-order valence-electron chi connectivity index (χ1n) is 5.58. The molecule has 0 aliphatic rings. The molecule has 2 aromatic rings. The molecule has 0 aromatic carbocycles. The van der Waals surface area contributed by atoms with Gasteiger partial charge in [-0.05, 0) is 24.4 Å². The van der Waals surface area contributed by atoms with Gasteiger partial charge in [0.25, 0.3) is 5.91 Å². The fraction of sp³-hybridized carbons (Fsp3) is 0.250. The summed E-state index contributed by atoms with van der Waals surface area (Å²) in [5.41, 5.74) is 0.236. The molecule has 100 valence electrons. The third-order valence-corrected chi connectivity index (χ3v) is 3.79. The van der Waals surface area contributed by atoms with Crippen LogP contribution in [0, 0.1) is 0 Å². The lowest BCUT2D eigenvalue weighted by atomic mass is 10.2. The predicted molar refractivity (Wildman–Crippen MR) is 77.0 cm³/mol. The molecule has 1 unspecified atom stereocenters. The highest BCUT2D eigenvalue weighted by Crippen LogP contribution is 2.16. The Balaban J connectivity index is 2.02. The van der Waals surface area contributed by atoms with E-state index in [1.807, 2.05) is 24.4 Å². The van der Waals surface area contributed by atoms with Crippen LogP contribution in [0.5, 0.6) is 0 Å². The van der Waals surface area contributed by atoms with Crippen LogP contribution < -0.4 is 5.32 Å². The van der Waals surface area contributed by atoms with Gasteiger partial charge in [0.05, 0.1) is 5.56 Å². The molecule has 19 heavy (non-hydrogen) atoms. The van der Waals surface area contributed by atoms with Crippen molar-refractivity contribution in [3.8, 4) is 0 Å². The van der Waals surface area contributed by atoms with E-state index in [4.69, 9.17) is 23.2 Å². The van der Waals surface area contributed by atoms with Crippen molar-refractivity contribution >= 4 is 40.4 Å². The normalized spacial score (nSPS) is 12.2. The SMILES string of the molecule is CC(Cc1cccs1)NC(=O)c1cc(Cl)nnc1Cl. The smallest absolute Gasteiger partial charge is 0.254 e. The van der Waals surface area contributed by atoms with E-state index in [1.165, 1.54) is 10.9 Å². The van der Waals surface area contributed by atoms with Gasteiger partial charge >= 0.3 is 0 Å². The predicted octanol–water partition coefficient (Wildman–Crippen LogP) is 3.21. The van der Waals surface area contributed by atoms with Crippen LogP contribution >= 0.6 is 34.5 Å². The summed E-state index contributed by atoms with van der Waals surface area (Å²) in [6.45, 7) is 1.93. The summed E-state index contributed by atoms with van der Waals surface area (Å²) in [5.74, 6) is -0.300. The van der Waals surface area contributed by atoms with Crippen molar-refractivity contribution in [1.29, 1.82) is 0 Å². The van der Waals surface area contributed by atoms with Gasteiger partial charge in [-0.15, -0.1) is 21.5 Å². The van der Waals surface area contributed by atoms with Crippen LogP contribution in [0.1, 0.15) is 22.2 Å². The van der Waals surface area contributed by atoms with Crippen LogP contribution in [0.25, 0.3) is 0 Å².